The molecule has 2 rings (SSSR count). The second kappa shape index (κ2) is 6.62. The molecule has 0 heterocycles. The fraction of sp³-hybridized carbons (Fsp3) is 0.294. The second-order valence-electron chi connectivity index (χ2n) is 5.63. The Hall–Kier alpha value is -1.02. The van der Waals surface area contributed by atoms with E-state index in [0.29, 0.717) is 10.0 Å². The molecule has 0 aliphatic rings. The van der Waals surface area contributed by atoms with Gasteiger partial charge in [-0.05, 0) is 29.3 Å². The Morgan fingerprint density at radius 3 is 2.15 bits per heavy atom. The third-order valence-corrected chi connectivity index (χ3v) is 3.81. The van der Waals surface area contributed by atoms with Crippen molar-refractivity contribution in [2.45, 2.75) is 25.8 Å². The molecule has 0 radical (unpaired) electrons. The summed E-state index contributed by atoms with van der Waals surface area (Å²) in [4.78, 5) is 0. The van der Waals surface area contributed by atoms with Crippen LogP contribution in [0.1, 0.15) is 25.0 Å². The SMILES string of the molecule is CC(C)(CNCc1cc(Cl)cc(Cl)c1)c1ccccc1. The lowest BCUT2D eigenvalue weighted by Crippen LogP contribution is -2.32. The van der Waals surface area contributed by atoms with E-state index < -0.39 is 0 Å². The van der Waals surface area contributed by atoms with Crippen molar-refractivity contribution in [3.05, 3.63) is 69.7 Å². The number of halogens is 2. The van der Waals surface area contributed by atoms with Gasteiger partial charge in [0.1, 0.15) is 0 Å². The van der Waals surface area contributed by atoms with E-state index >= 15 is 0 Å². The molecule has 0 aliphatic carbocycles. The predicted molar refractivity (Wildman–Crippen MR) is 87.6 cm³/mol. The molecule has 106 valence electrons. The Kier molecular flexibility index (Phi) is 5.09. The summed E-state index contributed by atoms with van der Waals surface area (Å²) in [6.45, 7) is 6.12. The van der Waals surface area contributed by atoms with Gasteiger partial charge in [0, 0.05) is 28.5 Å². The molecule has 0 bridgehead atoms. The van der Waals surface area contributed by atoms with Crippen molar-refractivity contribution in [3.63, 3.8) is 0 Å². The van der Waals surface area contributed by atoms with Gasteiger partial charge >= 0.3 is 0 Å². The minimum Gasteiger partial charge on any atom is -0.312 e. The summed E-state index contributed by atoms with van der Waals surface area (Å²) < 4.78 is 0. The zero-order chi connectivity index (χ0) is 14.6. The number of hydrogen-bond acceptors (Lipinski definition) is 1. The van der Waals surface area contributed by atoms with Crippen LogP contribution in [0.4, 0.5) is 0 Å². The van der Waals surface area contributed by atoms with E-state index in [-0.39, 0.29) is 5.41 Å². The van der Waals surface area contributed by atoms with Crippen LogP contribution in [0.3, 0.4) is 0 Å². The average molecular weight is 308 g/mol. The van der Waals surface area contributed by atoms with Crippen LogP contribution in [0, 0.1) is 0 Å². The molecular weight excluding hydrogens is 289 g/mol. The molecule has 0 saturated carbocycles. The average Bonchev–Trinajstić information content (AvgIpc) is 2.38. The fourth-order valence-corrected chi connectivity index (χ4v) is 2.79. The van der Waals surface area contributed by atoms with Gasteiger partial charge in [0.05, 0.1) is 0 Å². The Balaban J connectivity index is 1.95. The van der Waals surface area contributed by atoms with Gasteiger partial charge in [0.25, 0.3) is 0 Å². The van der Waals surface area contributed by atoms with Crippen LogP contribution >= 0.6 is 23.2 Å². The molecule has 0 saturated heterocycles. The number of nitrogens with one attached hydrogen (secondary N) is 1. The Labute approximate surface area is 130 Å². The lowest BCUT2D eigenvalue weighted by molar-refractivity contribution is 0.469. The third-order valence-electron chi connectivity index (χ3n) is 3.37. The van der Waals surface area contributed by atoms with Gasteiger partial charge in [0.15, 0.2) is 0 Å². The summed E-state index contributed by atoms with van der Waals surface area (Å²) in [5, 5.41) is 4.83. The first-order valence-electron chi connectivity index (χ1n) is 6.68. The molecule has 2 aromatic rings. The molecule has 1 N–H and O–H groups in total. The van der Waals surface area contributed by atoms with Gasteiger partial charge in [-0.1, -0.05) is 67.4 Å². The maximum absolute atomic E-state index is 6.00. The summed E-state index contributed by atoms with van der Waals surface area (Å²) >= 11 is 12.0. The zero-order valence-corrected chi connectivity index (χ0v) is 13.3. The van der Waals surface area contributed by atoms with E-state index in [1.54, 1.807) is 6.07 Å². The predicted octanol–water partition coefficient (Wildman–Crippen LogP) is 5.06. The Morgan fingerprint density at radius 2 is 1.55 bits per heavy atom. The van der Waals surface area contributed by atoms with Gasteiger partial charge in [-0.25, -0.2) is 0 Å². The van der Waals surface area contributed by atoms with Crippen molar-refractivity contribution in [3.8, 4) is 0 Å². The maximum atomic E-state index is 6.00. The Bertz CT molecular complexity index is 544. The monoisotopic (exact) mass is 307 g/mol. The van der Waals surface area contributed by atoms with Crippen LogP contribution in [0.15, 0.2) is 48.5 Å². The lowest BCUT2D eigenvalue weighted by Gasteiger charge is -2.25. The molecular formula is C17H19Cl2N. The van der Waals surface area contributed by atoms with Gasteiger partial charge in [-0.3, -0.25) is 0 Å². The summed E-state index contributed by atoms with van der Waals surface area (Å²) in [7, 11) is 0. The highest BCUT2D eigenvalue weighted by atomic mass is 35.5. The summed E-state index contributed by atoms with van der Waals surface area (Å²) in [6, 6.07) is 16.2. The first-order chi connectivity index (χ1) is 9.47. The van der Waals surface area contributed by atoms with E-state index in [9.17, 15) is 0 Å². The molecule has 20 heavy (non-hydrogen) atoms. The van der Waals surface area contributed by atoms with E-state index in [2.05, 4.69) is 43.4 Å². The normalized spacial score (nSPS) is 11.6. The van der Waals surface area contributed by atoms with Crippen molar-refractivity contribution in [2.24, 2.45) is 0 Å². The maximum Gasteiger partial charge on any atom is 0.0424 e. The van der Waals surface area contributed by atoms with Crippen molar-refractivity contribution in [2.75, 3.05) is 6.54 Å². The van der Waals surface area contributed by atoms with Crippen LogP contribution in [0.2, 0.25) is 10.0 Å². The molecule has 0 aromatic heterocycles. The Morgan fingerprint density at radius 1 is 0.950 bits per heavy atom. The van der Waals surface area contributed by atoms with Gasteiger partial charge < -0.3 is 5.32 Å². The first kappa shape index (κ1) is 15.4. The highest BCUT2D eigenvalue weighted by molar-refractivity contribution is 6.34. The van der Waals surface area contributed by atoms with E-state index in [0.717, 1.165) is 18.7 Å². The summed E-state index contributed by atoms with van der Waals surface area (Å²) in [6.07, 6.45) is 0. The molecule has 1 nitrogen and oxygen atoms in total. The standard InChI is InChI=1S/C17H19Cl2N/c1-17(2,14-6-4-3-5-7-14)12-20-11-13-8-15(18)10-16(19)9-13/h3-10,20H,11-12H2,1-2H3. The topological polar surface area (TPSA) is 12.0 Å². The molecule has 0 amide bonds. The van der Waals surface area contributed by atoms with Gasteiger partial charge in [0.2, 0.25) is 0 Å². The van der Waals surface area contributed by atoms with Crippen molar-refractivity contribution in [1.29, 1.82) is 0 Å². The molecule has 3 heteroatoms. The molecule has 0 spiro atoms. The van der Waals surface area contributed by atoms with Gasteiger partial charge in [-0.2, -0.15) is 0 Å². The largest absolute Gasteiger partial charge is 0.312 e. The quantitative estimate of drug-likeness (QED) is 0.814. The minimum atomic E-state index is 0.0869. The summed E-state index contributed by atoms with van der Waals surface area (Å²) in [5.74, 6) is 0. The molecule has 2 aromatic carbocycles. The highest BCUT2D eigenvalue weighted by Gasteiger charge is 2.19. The molecule has 0 atom stereocenters. The van der Waals surface area contributed by atoms with E-state index in [4.69, 9.17) is 23.2 Å². The lowest BCUT2D eigenvalue weighted by atomic mass is 9.84. The van der Waals surface area contributed by atoms with E-state index in [1.807, 2.05) is 18.2 Å². The van der Waals surface area contributed by atoms with E-state index in [1.165, 1.54) is 5.56 Å². The number of benzene rings is 2. The third kappa shape index (κ3) is 4.24. The van der Waals surface area contributed by atoms with Crippen molar-refractivity contribution in [1.82, 2.24) is 5.32 Å². The van der Waals surface area contributed by atoms with Crippen LogP contribution in [0.25, 0.3) is 0 Å². The summed E-state index contributed by atoms with van der Waals surface area (Å²) in [5.41, 5.74) is 2.52. The molecule has 0 fully saturated rings. The first-order valence-corrected chi connectivity index (χ1v) is 7.44. The fourth-order valence-electron chi connectivity index (χ4n) is 2.22. The van der Waals surface area contributed by atoms with Crippen LogP contribution < -0.4 is 5.32 Å². The highest BCUT2D eigenvalue weighted by Crippen LogP contribution is 2.22. The minimum absolute atomic E-state index is 0.0869. The smallest absolute Gasteiger partial charge is 0.0424 e. The van der Waals surface area contributed by atoms with Crippen LogP contribution in [-0.4, -0.2) is 6.54 Å². The van der Waals surface area contributed by atoms with Gasteiger partial charge in [-0.15, -0.1) is 0 Å². The zero-order valence-electron chi connectivity index (χ0n) is 11.8. The molecule has 0 aliphatic heterocycles. The number of rotatable bonds is 5. The van der Waals surface area contributed by atoms with Crippen LogP contribution in [0.5, 0.6) is 0 Å². The molecule has 0 unspecified atom stereocenters. The second-order valence-corrected chi connectivity index (χ2v) is 6.50. The van der Waals surface area contributed by atoms with Crippen molar-refractivity contribution < 1.29 is 0 Å². The van der Waals surface area contributed by atoms with Crippen molar-refractivity contribution >= 4 is 23.2 Å². The number of hydrogen-bond donors (Lipinski definition) is 1. The van der Waals surface area contributed by atoms with Crippen LogP contribution in [-0.2, 0) is 12.0 Å².